The Kier molecular flexibility index (Phi) is 4.38. The molecule has 4 heteroatoms. The predicted octanol–water partition coefficient (Wildman–Crippen LogP) is 4.28. The van der Waals surface area contributed by atoms with Crippen molar-refractivity contribution in [3.63, 3.8) is 0 Å². The second-order valence-corrected chi connectivity index (χ2v) is 5.70. The summed E-state index contributed by atoms with van der Waals surface area (Å²) < 4.78 is 7.83. The number of nitrogens with zero attached hydrogens (tertiary/aromatic N) is 1. The van der Waals surface area contributed by atoms with E-state index in [2.05, 4.69) is 0 Å². The van der Waals surface area contributed by atoms with Crippen LogP contribution in [-0.4, -0.2) is 15.6 Å². The van der Waals surface area contributed by atoms with Crippen LogP contribution in [0.4, 0.5) is 0 Å². The molecular formula is C20H19NO3. The lowest BCUT2D eigenvalue weighted by molar-refractivity contribution is 0.0696. The summed E-state index contributed by atoms with van der Waals surface area (Å²) in [5, 5.41) is 9.33. The van der Waals surface area contributed by atoms with Gasteiger partial charge in [0, 0.05) is 18.8 Å². The summed E-state index contributed by atoms with van der Waals surface area (Å²) >= 11 is 0. The Morgan fingerprint density at radius 2 is 1.75 bits per heavy atom. The second-order valence-electron chi connectivity index (χ2n) is 5.70. The van der Waals surface area contributed by atoms with Crippen molar-refractivity contribution in [1.29, 1.82) is 0 Å². The van der Waals surface area contributed by atoms with Gasteiger partial charge in [-0.2, -0.15) is 0 Å². The molecule has 3 rings (SSSR count). The van der Waals surface area contributed by atoms with Gasteiger partial charge < -0.3 is 14.4 Å². The largest absolute Gasteiger partial charge is 0.488 e. The van der Waals surface area contributed by atoms with Crippen molar-refractivity contribution in [2.75, 3.05) is 0 Å². The Bertz CT molecular complexity index is 866. The van der Waals surface area contributed by atoms with E-state index in [9.17, 15) is 9.90 Å². The third kappa shape index (κ3) is 3.04. The normalized spacial score (nSPS) is 10.6. The number of aromatic carboxylic acids is 1. The first kappa shape index (κ1) is 15.9. The molecule has 0 bridgehead atoms. The summed E-state index contributed by atoms with van der Waals surface area (Å²) in [7, 11) is 1.85. The Hall–Kier alpha value is -3.01. The first-order chi connectivity index (χ1) is 11.6. The predicted molar refractivity (Wildman–Crippen MR) is 93.3 cm³/mol. The minimum Gasteiger partial charge on any atom is -0.488 e. The maximum Gasteiger partial charge on any atom is 0.337 e. The molecule has 24 heavy (non-hydrogen) atoms. The van der Waals surface area contributed by atoms with E-state index in [0.29, 0.717) is 12.2 Å². The van der Waals surface area contributed by atoms with Crippen LogP contribution in [0.3, 0.4) is 0 Å². The van der Waals surface area contributed by atoms with Crippen molar-refractivity contribution >= 4 is 5.97 Å². The number of hydrogen-bond donors (Lipinski definition) is 1. The summed E-state index contributed by atoms with van der Waals surface area (Å²) in [6.07, 6.45) is 1.64. The molecule has 0 atom stereocenters. The molecule has 0 aliphatic heterocycles. The zero-order valence-electron chi connectivity index (χ0n) is 13.7. The third-order valence-electron chi connectivity index (χ3n) is 4.04. The zero-order valence-corrected chi connectivity index (χ0v) is 13.7. The summed E-state index contributed by atoms with van der Waals surface area (Å²) in [4.78, 5) is 11.4. The monoisotopic (exact) mass is 321 g/mol. The van der Waals surface area contributed by atoms with Gasteiger partial charge in [-0.05, 0) is 30.2 Å². The van der Waals surface area contributed by atoms with Gasteiger partial charge in [0.15, 0.2) is 0 Å². The van der Waals surface area contributed by atoms with Gasteiger partial charge in [-0.3, -0.25) is 0 Å². The maximum absolute atomic E-state index is 11.4. The number of para-hydroxylation sites is 1. The second kappa shape index (κ2) is 6.62. The molecule has 0 radical (unpaired) electrons. The third-order valence-corrected chi connectivity index (χ3v) is 4.04. The fourth-order valence-corrected chi connectivity index (χ4v) is 2.88. The van der Waals surface area contributed by atoms with Gasteiger partial charge in [-0.1, -0.05) is 42.5 Å². The Labute approximate surface area is 140 Å². The highest BCUT2D eigenvalue weighted by Crippen LogP contribution is 2.34. The van der Waals surface area contributed by atoms with Crippen LogP contribution in [0.15, 0.2) is 60.8 Å². The van der Waals surface area contributed by atoms with Crippen LogP contribution in [0.5, 0.6) is 5.75 Å². The van der Waals surface area contributed by atoms with Crippen molar-refractivity contribution in [2.24, 2.45) is 7.05 Å². The molecule has 1 N–H and O–H groups in total. The Morgan fingerprint density at radius 1 is 1.08 bits per heavy atom. The number of ether oxygens (including phenoxy) is 1. The number of benzene rings is 2. The highest BCUT2D eigenvalue weighted by Gasteiger charge is 2.19. The molecule has 2 aromatic carbocycles. The molecule has 3 aromatic rings. The summed E-state index contributed by atoms with van der Waals surface area (Å²) in [5.41, 5.74) is 3.88. The van der Waals surface area contributed by atoms with E-state index in [1.807, 2.05) is 73.1 Å². The van der Waals surface area contributed by atoms with Crippen molar-refractivity contribution in [1.82, 2.24) is 4.57 Å². The quantitative estimate of drug-likeness (QED) is 0.763. The molecule has 0 saturated carbocycles. The van der Waals surface area contributed by atoms with E-state index in [1.165, 1.54) is 0 Å². The fraction of sp³-hybridized carbons (Fsp3) is 0.150. The van der Waals surface area contributed by atoms with Crippen LogP contribution in [-0.2, 0) is 13.7 Å². The lowest BCUT2D eigenvalue weighted by Crippen LogP contribution is -1.99. The van der Waals surface area contributed by atoms with Crippen molar-refractivity contribution in [3.8, 4) is 17.0 Å². The van der Waals surface area contributed by atoms with Crippen LogP contribution >= 0.6 is 0 Å². The van der Waals surface area contributed by atoms with E-state index in [0.717, 1.165) is 28.1 Å². The van der Waals surface area contributed by atoms with Gasteiger partial charge in [-0.25, -0.2) is 4.79 Å². The van der Waals surface area contributed by atoms with Gasteiger partial charge >= 0.3 is 5.97 Å². The first-order valence-electron chi connectivity index (χ1n) is 7.73. The summed E-state index contributed by atoms with van der Waals surface area (Å²) in [6.45, 7) is 2.29. The zero-order chi connectivity index (χ0) is 17.1. The molecule has 4 nitrogen and oxygen atoms in total. The number of aromatic nitrogens is 1. The standard InChI is InChI=1S/C20H19NO3/c1-14-17(20(22)23)12-21(2)19(14)16-10-6-7-11-18(16)24-13-15-8-4-3-5-9-15/h3-12H,13H2,1-2H3,(H,22,23). The summed E-state index contributed by atoms with van der Waals surface area (Å²) in [5.74, 6) is -0.181. The summed E-state index contributed by atoms with van der Waals surface area (Å²) in [6, 6.07) is 17.7. The number of aryl methyl sites for hydroxylation is 1. The molecule has 0 aliphatic rings. The molecule has 1 heterocycles. The molecule has 122 valence electrons. The van der Waals surface area contributed by atoms with E-state index < -0.39 is 5.97 Å². The Morgan fingerprint density at radius 3 is 2.42 bits per heavy atom. The fourth-order valence-electron chi connectivity index (χ4n) is 2.88. The van der Waals surface area contributed by atoms with Crippen LogP contribution in [0.1, 0.15) is 21.5 Å². The average Bonchev–Trinajstić information content (AvgIpc) is 2.89. The van der Waals surface area contributed by atoms with Crippen molar-refractivity contribution < 1.29 is 14.6 Å². The molecule has 0 aliphatic carbocycles. The van der Waals surface area contributed by atoms with Gasteiger partial charge in [-0.15, -0.1) is 0 Å². The van der Waals surface area contributed by atoms with Crippen molar-refractivity contribution in [3.05, 3.63) is 77.5 Å². The average molecular weight is 321 g/mol. The molecule has 0 unspecified atom stereocenters. The maximum atomic E-state index is 11.4. The van der Waals surface area contributed by atoms with E-state index in [4.69, 9.17) is 4.74 Å². The number of carboxylic acid groups (broad SMARTS) is 1. The lowest BCUT2D eigenvalue weighted by Gasteiger charge is -2.13. The minimum absolute atomic E-state index is 0.311. The van der Waals surface area contributed by atoms with Crippen LogP contribution in [0.2, 0.25) is 0 Å². The molecule has 1 aromatic heterocycles. The molecule has 0 amide bonds. The SMILES string of the molecule is Cc1c(C(=O)O)cn(C)c1-c1ccccc1OCc1ccccc1. The molecule has 0 fully saturated rings. The Balaban J connectivity index is 1.97. The van der Waals surface area contributed by atoms with Gasteiger partial charge in [0.25, 0.3) is 0 Å². The first-order valence-corrected chi connectivity index (χ1v) is 7.73. The number of hydrogen-bond acceptors (Lipinski definition) is 2. The molecule has 0 saturated heterocycles. The van der Waals surface area contributed by atoms with E-state index >= 15 is 0 Å². The molecule has 0 spiro atoms. The van der Waals surface area contributed by atoms with Gasteiger partial charge in [0.1, 0.15) is 12.4 Å². The van der Waals surface area contributed by atoms with E-state index in [1.54, 1.807) is 6.20 Å². The highest BCUT2D eigenvalue weighted by molar-refractivity contribution is 5.92. The highest BCUT2D eigenvalue weighted by atomic mass is 16.5. The van der Waals surface area contributed by atoms with Crippen LogP contribution in [0.25, 0.3) is 11.3 Å². The van der Waals surface area contributed by atoms with Crippen molar-refractivity contribution in [2.45, 2.75) is 13.5 Å². The molecular weight excluding hydrogens is 302 g/mol. The van der Waals surface area contributed by atoms with Gasteiger partial charge in [0.2, 0.25) is 0 Å². The van der Waals surface area contributed by atoms with Gasteiger partial charge in [0.05, 0.1) is 11.3 Å². The topological polar surface area (TPSA) is 51.5 Å². The van der Waals surface area contributed by atoms with Crippen LogP contribution in [0, 0.1) is 6.92 Å². The number of carboxylic acids is 1. The number of rotatable bonds is 5. The number of carbonyl (C=O) groups is 1. The van der Waals surface area contributed by atoms with E-state index in [-0.39, 0.29) is 0 Å². The minimum atomic E-state index is -0.919. The van der Waals surface area contributed by atoms with Crippen LogP contribution < -0.4 is 4.74 Å². The smallest absolute Gasteiger partial charge is 0.337 e. The lowest BCUT2D eigenvalue weighted by atomic mass is 10.0.